The summed E-state index contributed by atoms with van der Waals surface area (Å²) in [5.74, 6) is 0. The first-order valence-corrected chi connectivity index (χ1v) is 7.39. The second-order valence-corrected chi connectivity index (χ2v) is 5.84. The minimum absolute atomic E-state index is 0.287. The highest BCUT2D eigenvalue weighted by Gasteiger charge is 2.15. The highest BCUT2D eigenvalue weighted by molar-refractivity contribution is 6.31. The number of benzene rings is 2. The fourth-order valence-electron chi connectivity index (χ4n) is 2.56. The van der Waals surface area contributed by atoms with Gasteiger partial charge in [-0.25, -0.2) is 0 Å². The van der Waals surface area contributed by atoms with Gasteiger partial charge in [-0.15, -0.1) is 0 Å². The van der Waals surface area contributed by atoms with Crippen LogP contribution in [0.5, 0.6) is 0 Å². The Hall–Kier alpha value is -1.31. The molecule has 0 aliphatic rings. The van der Waals surface area contributed by atoms with E-state index >= 15 is 0 Å². The molecule has 106 valence electrons. The molecule has 2 rings (SSSR count). The second-order valence-electron chi connectivity index (χ2n) is 5.43. The van der Waals surface area contributed by atoms with Gasteiger partial charge in [-0.3, -0.25) is 0 Å². The summed E-state index contributed by atoms with van der Waals surface area (Å²) in [4.78, 5) is 0. The Bertz CT molecular complexity index is 604. The maximum atomic E-state index is 6.36. The molecule has 0 fully saturated rings. The quantitative estimate of drug-likeness (QED) is 0.854. The normalized spacial score (nSPS) is 12.4. The topological polar surface area (TPSA) is 12.0 Å². The van der Waals surface area contributed by atoms with Gasteiger partial charge >= 0.3 is 0 Å². The average Bonchev–Trinajstić information content (AvgIpc) is 2.42. The molecule has 0 aliphatic heterocycles. The van der Waals surface area contributed by atoms with Crippen molar-refractivity contribution in [2.75, 3.05) is 7.05 Å². The van der Waals surface area contributed by atoms with Gasteiger partial charge < -0.3 is 5.32 Å². The maximum Gasteiger partial charge on any atom is 0.0441 e. The van der Waals surface area contributed by atoms with Gasteiger partial charge in [-0.05, 0) is 68.1 Å². The number of halogens is 1. The van der Waals surface area contributed by atoms with Crippen LogP contribution >= 0.6 is 11.6 Å². The molecule has 2 aromatic carbocycles. The molecular weight excluding hydrogens is 266 g/mol. The summed E-state index contributed by atoms with van der Waals surface area (Å²) in [6.45, 7) is 6.41. The summed E-state index contributed by atoms with van der Waals surface area (Å²) in [6.07, 6.45) is 0.903. The van der Waals surface area contributed by atoms with Gasteiger partial charge in [0.05, 0.1) is 0 Å². The third-order valence-electron chi connectivity index (χ3n) is 4.00. The Balaban J connectivity index is 2.31. The van der Waals surface area contributed by atoms with E-state index in [0.717, 1.165) is 11.4 Å². The van der Waals surface area contributed by atoms with Gasteiger partial charge in [0.25, 0.3) is 0 Å². The zero-order valence-corrected chi connectivity index (χ0v) is 13.4. The predicted molar refractivity (Wildman–Crippen MR) is 87.6 cm³/mol. The number of likely N-dealkylation sites (N-methyl/N-ethyl adjacent to an activating group) is 1. The van der Waals surface area contributed by atoms with Gasteiger partial charge in [0.1, 0.15) is 0 Å². The summed E-state index contributed by atoms with van der Waals surface area (Å²) in [7, 11) is 2.01. The molecule has 0 aliphatic carbocycles. The fraction of sp³-hybridized carbons (Fsp3) is 0.333. The van der Waals surface area contributed by atoms with Crippen molar-refractivity contribution in [2.45, 2.75) is 33.2 Å². The number of nitrogens with one attached hydrogen (secondary N) is 1. The van der Waals surface area contributed by atoms with Crippen molar-refractivity contribution in [3.05, 3.63) is 69.2 Å². The zero-order chi connectivity index (χ0) is 14.7. The van der Waals surface area contributed by atoms with Crippen LogP contribution in [-0.4, -0.2) is 7.05 Å². The molecule has 0 radical (unpaired) electrons. The molecule has 1 nitrogen and oxygen atoms in total. The lowest BCUT2D eigenvalue weighted by atomic mass is 9.93. The average molecular weight is 288 g/mol. The predicted octanol–water partition coefficient (Wildman–Crippen LogP) is 4.77. The smallest absolute Gasteiger partial charge is 0.0441 e. The van der Waals surface area contributed by atoms with Crippen molar-refractivity contribution < 1.29 is 0 Å². The van der Waals surface area contributed by atoms with E-state index in [9.17, 15) is 0 Å². The molecule has 2 heteroatoms. The third-order valence-corrected chi connectivity index (χ3v) is 4.35. The molecule has 2 aromatic rings. The van der Waals surface area contributed by atoms with Crippen LogP contribution in [0.15, 0.2) is 36.4 Å². The van der Waals surface area contributed by atoms with Crippen LogP contribution in [-0.2, 0) is 6.42 Å². The number of aryl methyl sites for hydroxylation is 2. The lowest BCUT2D eigenvalue weighted by Crippen LogP contribution is -2.20. The van der Waals surface area contributed by atoms with Crippen molar-refractivity contribution in [1.29, 1.82) is 0 Å². The Kier molecular flexibility index (Phi) is 4.85. The van der Waals surface area contributed by atoms with Gasteiger partial charge in [-0.2, -0.15) is 0 Å². The van der Waals surface area contributed by atoms with E-state index in [1.165, 1.54) is 27.8 Å². The van der Waals surface area contributed by atoms with Crippen LogP contribution < -0.4 is 5.32 Å². The molecule has 1 atom stereocenters. The van der Waals surface area contributed by atoms with Gasteiger partial charge in [-0.1, -0.05) is 41.9 Å². The minimum atomic E-state index is 0.287. The van der Waals surface area contributed by atoms with Crippen molar-refractivity contribution in [3.8, 4) is 0 Å². The SMILES string of the molecule is CNC(Cc1ccc(C)cc1Cl)c1cccc(C)c1C. The first-order valence-electron chi connectivity index (χ1n) is 7.01. The summed E-state index contributed by atoms with van der Waals surface area (Å²) >= 11 is 6.36. The Morgan fingerprint density at radius 1 is 1.10 bits per heavy atom. The summed E-state index contributed by atoms with van der Waals surface area (Å²) in [6, 6.07) is 13.1. The molecular formula is C18H22ClN. The molecule has 0 spiro atoms. The first kappa shape index (κ1) is 15.1. The minimum Gasteiger partial charge on any atom is -0.313 e. The van der Waals surface area contributed by atoms with E-state index in [1.54, 1.807) is 0 Å². The van der Waals surface area contributed by atoms with Gasteiger partial charge in [0.15, 0.2) is 0 Å². The molecule has 1 unspecified atom stereocenters. The van der Waals surface area contributed by atoms with Crippen molar-refractivity contribution >= 4 is 11.6 Å². The first-order chi connectivity index (χ1) is 9.52. The van der Waals surface area contributed by atoms with E-state index in [0.29, 0.717) is 0 Å². The molecule has 0 aromatic heterocycles. The number of hydrogen-bond acceptors (Lipinski definition) is 1. The Morgan fingerprint density at radius 3 is 2.50 bits per heavy atom. The van der Waals surface area contributed by atoms with Crippen LogP contribution in [0.2, 0.25) is 5.02 Å². The van der Waals surface area contributed by atoms with E-state index in [2.05, 4.69) is 56.4 Å². The van der Waals surface area contributed by atoms with Crippen LogP contribution in [0.1, 0.15) is 33.9 Å². The van der Waals surface area contributed by atoms with Gasteiger partial charge in [0, 0.05) is 11.1 Å². The Labute approximate surface area is 127 Å². The van der Waals surface area contributed by atoms with Crippen LogP contribution in [0, 0.1) is 20.8 Å². The van der Waals surface area contributed by atoms with E-state index < -0.39 is 0 Å². The largest absolute Gasteiger partial charge is 0.313 e. The second kappa shape index (κ2) is 6.43. The summed E-state index contributed by atoms with van der Waals surface area (Å²) in [5, 5.41) is 4.28. The molecule has 0 saturated carbocycles. The monoisotopic (exact) mass is 287 g/mol. The third kappa shape index (κ3) is 3.23. The van der Waals surface area contributed by atoms with Gasteiger partial charge in [0.2, 0.25) is 0 Å². The standard InChI is InChI=1S/C18H22ClN/c1-12-8-9-15(17(19)10-12)11-18(20-4)16-7-5-6-13(2)14(16)3/h5-10,18,20H,11H2,1-4H3. The Morgan fingerprint density at radius 2 is 1.85 bits per heavy atom. The van der Waals surface area contributed by atoms with Crippen molar-refractivity contribution in [1.82, 2.24) is 5.32 Å². The van der Waals surface area contributed by atoms with Crippen LogP contribution in [0.4, 0.5) is 0 Å². The molecule has 0 saturated heterocycles. The lowest BCUT2D eigenvalue weighted by molar-refractivity contribution is 0.588. The fourth-order valence-corrected chi connectivity index (χ4v) is 2.87. The highest BCUT2D eigenvalue weighted by Crippen LogP contribution is 2.27. The highest BCUT2D eigenvalue weighted by atomic mass is 35.5. The van der Waals surface area contributed by atoms with Crippen molar-refractivity contribution in [2.24, 2.45) is 0 Å². The molecule has 1 N–H and O–H groups in total. The van der Waals surface area contributed by atoms with Crippen molar-refractivity contribution in [3.63, 3.8) is 0 Å². The van der Waals surface area contributed by atoms with E-state index in [-0.39, 0.29) is 6.04 Å². The maximum absolute atomic E-state index is 6.36. The summed E-state index contributed by atoms with van der Waals surface area (Å²) in [5.41, 5.74) is 6.43. The van der Waals surface area contributed by atoms with Crippen LogP contribution in [0.25, 0.3) is 0 Å². The number of hydrogen-bond donors (Lipinski definition) is 1. The molecule has 0 heterocycles. The van der Waals surface area contributed by atoms with E-state index in [1.807, 2.05) is 13.1 Å². The van der Waals surface area contributed by atoms with E-state index in [4.69, 9.17) is 11.6 Å². The van der Waals surface area contributed by atoms with Crippen LogP contribution in [0.3, 0.4) is 0 Å². The molecule has 0 bridgehead atoms. The number of rotatable bonds is 4. The summed E-state index contributed by atoms with van der Waals surface area (Å²) < 4.78 is 0. The lowest BCUT2D eigenvalue weighted by Gasteiger charge is -2.21. The molecule has 20 heavy (non-hydrogen) atoms. The molecule has 0 amide bonds. The zero-order valence-electron chi connectivity index (χ0n) is 12.6.